The molecule has 2 aromatic rings. The van der Waals surface area contributed by atoms with Crippen LogP contribution in [0.1, 0.15) is 52.0 Å². The molecule has 2 heterocycles. The highest BCUT2D eigenvalue weighted by atomic mass is 35.5. The van der Waals surface area contributed by atoms with Gasteiger partial charge in [0, 0.05) is 39.4 Å². The minimum atomic E-state index is -1.04. The molecular formula is C20H19Cl2NO3. The summed E-state index contributed by atoms with van der Waals surface area (Å²) in [6.07, 6.45) is 1.95. The van der Waals surface area contributed by atoms with Gasteiger partial charge in [-0.3, -0.25) is 0 Å². The second kappa shape index (κ2) is 6.76. The Morgan fingerprint density at radius 3 is 2.65 bits per heavy atom. The number of halogens is 2. The van der Waals surface area contributed by atoms with Crippen LogP contribution in [-0.4, -0.2) is 17.7 Å². The second-order valence-corrected chi connectivity index (χ2v) is 7.78. The Kier molecular flexibility index (Phi) is 4.59. The standard InChI is InChI=1S/C20H19Cl2NO3/c1-10-4-5-16-13(7-10)19-12(3-2-6-26-19)18(23-16)17-14(21)8-11(20(24)25)9-15(17)22/h4-5,7-9,12,18-19,23H,2-3,6H2,1H3,(H,24,25)/t12-,18+,19-/m1/s1. The molecule has 2 aromatic carbocycles. The lowest BCUT2D eigenvalue weighted by Crippen LogP contribution is -2.36. The molecule has 0 unspecified atom stereocenters. The first kappa shape index (κ1) is 17.7. The number of carboxylic acids is 1. The predicted octanol–water partition coefficient (Wildman–Crippen LogP) is 5.63. The number of rotatable bonds is 2. The van der Waals surface area contributed by atoms with Crippen LogP contribution in [0.5, 0.6) is 0 Å². The summed E-state index contributed by atoms with van der Waals surface area (Å²) in [7, 11) is 0. The van der Waals surface area contributed by atoms with Crippen molar-refractivity contribution in [1.82, 2.24) is 0 Å². The van der Waals surface area contributed by atoms with E-state index in [2.05, 4.69) is 30.4 Å². The Labute approximate surface area is 162 Å². The second-order valence-electron chi connectivity index (χ2n) is 6.97. The van der Waals surface area contributed by atoms with Crippen LogP contribution in [-0.2, 0) is 4.74 Å². The molecule has 26 heavy (non-hydrogen) atoms. The molecule has 136 valence electrons. The van der Waals surface area contributed by atoms with E-state index in [0.717, 1.165) is 30.7 Å². The van der Waals surface area contributed by atoms with Gasteiger partial charge < -0.3 is 15.2 Å². The van der Waals surface area contributed by atoms with Gasteiger partial charge in [-0.15, -0.1) is 0 Å². The molecule has 2 aliphatic heterocycles. The van der Waals surface area contributed by atoms with E-state index in [0.29, 0.717) is 10.0 Å². The molecule has 0 amide bonds. The fourth-order valence-electron chi connectivity index (χ4n) is 4.08. The Hall–Kier alpha value is -1.75. The Bertz CT molecular complexity index is 860. The molecule has 4 rings (SSSR count). The quantitative estimate of drug-likeness (QED) is 0.695. The van der Waals surface area contributed by atoms with Gasteiger partial charge in [0.2, 0.25) is 0 Å². The van der Waals surface area contributed by atoms with Crippen LogP contribution in [0.4, 0.5) is 5.69 Å². The average Bonchev–Trinajstić information content (AvgIpc) is 2.61. The third-order valence-electron chi connectivity index (χ3n) is 5.26. The lowest BCUT2D eigenvalue weighted by atomic mass is 9.77. The zero-order valence-electron chi connectivity index (χ0n) is 14.3. The lowest BCUT2D eigenvalue weighted by Gasteiger charge is -2.44. The van der Waals surface area contributed by atoms with E-state index in [9.17, 15) is 9.90 Å². The van der Waals surface area contributed by atoms with Crippen LogP contribution in [0, 0.1) is 12.8 Å². The van der Waals surface area contributed by atoms with Crippen LogP contribution >= 0.6 is 23.2 Å². The summed E-state index contributed by atoms with van der Waals surface area (Å²) in [4.78, 5) is 11.3. The fraction of sp³-hybridized carbons (Fsp3) is 0.350. The average molecular weight is 392 g/mol. The molecule has 2 N–H and O–H groups in total. The molecule has 4 nitrogen and oxygen atoms in total. The van der Waals surface area contributed by atoms with Crippen molar-refractivity contribution in [2.75, 3.05) is 11.9 Å². The normalized spacial score (nSPS) is 24.3. The summed E-state index contributed by atoms with van der Waals surface area (Å²) in [6, 6.07) is 9.09. The molecule has 1 fully saturated rings. The maximum atomic E-state index is 11.3. The molecule has 6 heteroatoms. The van der Waals surface area contributed by atoms with E-state index in [1.807, 2.05) is 0 Å². The van der Waals surface area contributed by atoms with Crippen molar-refractivity contribution in [1.29, 1.82) is 0 Å². The molecule has 1 saturated heterocycles. The molecule has 0 saturated carbocycles. The summed E-state index contributed by atoms with van der Waals surface area (Å²) in [5.41, 5.74) is 4.20. The van der Waals surface area contributed by atoms with Crippen molar-refractivity contribution in [2.24, 2.45) is 5.92 Å². The molecule has 0 radical (unpaired) electrons. The SMILES string of the molecule is Cc1ccc2c(c1)[C@@H]1OCCC[C@@H]1[C@@H](c1c(Cl)cc(C(=O)O)cc1Cl)N2. The van der Waals surface area contributed by atoms with Crippen LogP contribution in [0.15, 0.2) is 30.3 Å². The highest BCUT2D eigenvalue weighted by Crippen LogP contribution is 2.51. The van der Waals surface area contributed by atoms with Gasteiger partial charge in [0.05, 0.1) is 17.7 Å². The molecular weight excluding hydrogens is 373 g/mol. The number of carbonyl (C=O) groups is 1. The number of fused-ring (bicyclic) bond motifs is 3. The van der Waals surface area contributed by atoms with Crippen molar-refractivity contribution in [3.05, 3.63) is 62.6 Å². The van der Waals surface area contributed by atoms with Gasteiger partial charge in [-0.2, -0.15) is 0 Å². The van der Waals surface area contributed by atoms with Crippen molar-refractivity contribution < 1.29 is 14.6 Å². The summed E-state index contributed by atoms with van der Waals surface area (Å²) < 4.78 is 6.14. The van der Waals surface area contributed by atoms with E-state index in [1.54, 1.807) is 0 Å². The zero-order chi connectivity index (χ0) is 18.4. The minimum Gasteiger partial charge on any atom is -0.478 e. The van der Waals surface area contributed by atoms with Crippen LogP contribution in [0.25, 0.3) is 0 Å². The lowest BCUT2D eigenvalue weighted by molar-refractivity contribution is -0.0381. The Morgan fingerprint density at radius 2 is 1.96 bits per heavy atom. The summed E-state index contributed by atoms with van der Waals surface area (Å²) in [6.45, 7) is 2.81. The minimum absolute atomic E-state index is 0.0174. The van der Waals surface area contributed by atoms with Crippen molar-refractivity contribution in [2.45, 2.75) is 31.9 Å². The third-order valence-corrected chi connectivity index (χ3v) is 5.88. The summed E-state index contributed by atoms with van der Waals surface area (Å²) >= 11 is 12.9. The van der Waals surface area contributed by atoms with Gasteiger partial charge in [0.25, 0.3) is 0 Å². The van der Waals surface area contributed by atoms with Gasteiger partial charge in [-0.25, -0.2) is 4.79 Å². The summed E-state index contributed by atoms with van der Waals surface area (Å²) in [5, 5.41) is 13.5. The van der Waals surface area contributed by atoms with Gasteiger partial charge in [0.15, 0.2) is 0 Å². The predicted molar refractivity (Wildman–Crippen MR) is 102 cm³/mol. The van der Waals surface area contributed by atoms with Crippen LogP contribution in [0.2, 0.25) is 10.0 Å². The molecule has 0 bridgehead atoms. The highest BCUT2D eigenvalue weighted by Gasteiger charge is 2.41. The largest absolute Gasteiger partial charge is 0.478 e. The van der Waals surface area contributed by atoms with E-state index < -0.39 is 5.97 Å². The monoisotopic (exact) mass is 391 g/mol. The molecule has 2 aliphatic rings. The number of hydrogen-bond donors (Lipinski definition) is 2. The maximum Gasteiger partial charge on any atom is 0.335 e. The van der Waals surface area contributed by atoms with Gasteiger partial charge in [-0.1, -0.05) is 40.9 Å². The van der Waals surface area contributed by atoms with Gasteiger partial charge in [0.1, 0.15) is 0 Å². The Balaban J connectivity index is 1.82. The van der Waals surface area contributed by atoms with Crippen molar-refractivity contribution in [3.63, 3.8) is 0 Å². The number of carboxylic acid groups (broad SMARTS) is 1. The van der Waals surface area contributed by atoms with Crippen LogP contribution in [0.3, 0.4) is 0 Å². The van der Waals surface area contributed by atoms with E-state index in [4.69, 9.17) is 27.9 Å². The number of aryl methyl sites for hydroxylation is 1. The van der Waals surface area contributed by atoms with Gasteiger partial charge >= 0.3 is 5.97 Å². The number of anilines is 1. The van der Waals surface area contributed by atoms with Gasteiger partial charge in [-0.05, 0) is 38.0 Å². The fourth-order valence-corrected chi connectivity index (χ4v) is 4.80. The first-order valence-electron chi connectivity index (χ1n) is 8.66. The Morgan fingerprint density at radius 1 is 1.23 bits per heavy atom. The molecule has 0 aliphatic carbocycles. The molecule has 3 atom stereocenters. The molecule has 0 aromatic heterocycles. The number of aromatic carboxylic acids is 1. The zero-order valence-corrected chi connectivity index (χ0v) is 15.8. The first-order chi connectivity index (χ1) is 12.5. The van der Waals surface area contributed by atoms with E-state index in [1.165, 1.54) is 23.3 Å². The number of benzene rings is 2. The van der Waals surface area contributed by atoms with Crippen molar-refractivity contribution >= 4 is 34.9 Å². The third kappa shape index (κ3) is 2.96. The number of nitrogens with one attached hydrogen (secondary N) is 1. The van der Waals surface area contributed by atoms with Crippen LogP contribution < -0.4 is 5.32 Å². The maximum absolute atomic E-state index is 11.3. The topological polar surface area (TPSA) is 58.6 Å². The molecule has 0 spiro atoms. The smallest absolute Gasteiger partial charge is 0.335 e. The summed E-state index contributed by atoms with van der Waals surface area (Å²) in [5.74, 6) is -0.861. The number of ether oxygens (including phenoxy) is 1. The van der Waals surface area contributed by atoms with Crippen molar-refractivity contribution in [3.8, 4) is 0 Å². The van der Waals surface area contributed by atoms with E-state index in [-0.39, 0.29) is 23.6 Å². The first-order valence-corrected chi connectivity index (χ1v) is 9.42. The van der Waals surface area contributed by atoms with E-state index >= 15 is 0 Å². The highest BCUT2D eigenvalue weighted by molar-refractivity contribution is 6.36. The number of hydrogen-bond acceptors (Lipinski definition) is 3.